The number of hydrogen-bond acceptors (Lipinski definition) is 5. The zero-order chi connectivity index (χ0) is 17.6. The second-order valence-electron chi connectivity index (χ2n) is 6.72. The second kappa shape index (κ2) is 8.42. The van der Waals surface area contributed by atoms with Crippen LogP contribution in [0.5, 0.6) is 0 Å². The Morgan fingerprint density at radius 2 is 1.92 bits per heavy atom. The molecule has 2 heterocycles. The van der Waals surface area contributed by atoms with Crippen molar-refractivity contribution in [3.05, 3.63) is 29.8 Å². The number of likely N-dealkylation sites (tertiary alicyclic amines) is 1. The summed E-state index contributed by atoms with van der Waals surface area (Å²) >= 11 is 0. The lowest BCUT2D eigenvalue weighted by Crippen LogP contribution is -2.35. The fourth-order valence-electron chi connectivity index (χ4n) is 3.29. The molecule has 0 radical (unpaired) electrons. The molecular weight excluding hydrogens is 320 g/mol. The van der Waals surface area contributed by atoms with Crippen LogP contribution < -0.4 is 16.0 Å². The summed E-state index contributed by atoms with van der Waals surface area (Å²) in [6, 6.07) is 6.48. The summed E-state index contributed by atoms with van der Waals surface area (Å²) in [6.07, 6.45) is 2.44. The molecule has 0 bridgehead atoms. The van der Waals surface area contributed by atoms with Gasteiger partial charge in [-0.05, 0) is 56.6 Å². The van der Waals surface area contributed by atoms with Crippen LogP contribution in [0.2, 0.25) is 0 Å². The standard InChI is InChI=1S/C18H26N4O3/c23-15-11-16(20-12-15)18(25)21-14-5-3-13(4-6-14)17(24)19-7-10-22-8-1-2-9-22/h3-6,15-16,20,23H,1-2,7-12H2,(H,19,24)(H,21,25). The molecular formula is C18H26N4O3. The Morgan fingerprint density at radius 3 is 2.56 bits per heavy atom. The maximum Gasteiger partial charge on any atom is 0.251 e. The molecule has 2 saturated heterocycles. The summed E-state index contributed by atoms with van der Waals surface area (Å²) in [5.74, 6) is -0.267. The van der Waals surface area contributed by atoms with Gasteiger partial charge in [0, 0.05) is 30.9 Å². The quantitative estimate of drug-likeness (QED) is 0.589. The van der Waals surface area contributed by atoms with Crippen LogP contribution in [-0.2, 0) is 4.79 Å². The highest BCUT2D eigenvalue weighted by molar-refractivity contribution is 5.97. The predicted molar refractivity (Wildman–Crippen MR) is 95.5 cm³/mol. The third-order valence-electron chi connectivity index (χ3n) is 4.75. The molecule has 2 aliphatic heterocycles. The molecule has 2 aliphatic rings. The lowest BCUT2D eigenvalue weighted by atomic mass is 10.1. The minimum absolute atomic E-state index is 0.0994. The molecule has 1 aromatic rings. The zero-order valence-corrected chi connectivity index (χ0v) is 14.3. The molecule has 2 amide bonds. The van der Waals surface area contributed by atoms with Crippen molar-refractivity contribution in [2.24, 2.45) is 0 Å². The second-order valence-corrected chi connectivity index (χ2v) is 6.72. The molecule has 7 nitrogen and oxygen atoms in total. The van der Waals surface area contributed by atoms with E-state index in [1.165, 1.54) is 12.8 Å². The topological polar surface area (TPSA) is 93.7 Å². The van der Waals surface area contributed by atoms with Crippen LogP contribution in [0, 0.1) is 0 Å². The molecule has 2 atom stereocenters. The number of nitrogens with one attached hydrogen (secondary N) is 3. The number of rotatable bonds is 6. The Bertz CT molecular complexity index is 599. The van der Waals surface area contributed by atoms with Crippen LogP contribution in [0.3, 0.4) is 0 Å². The van der Waals surface area contributed by atoms with Crippen LogP contribution >= 0.6 is 0 Å². The first-order valence-electron chi connectivity index (χ1n) is 8.95. The van der Waals surface area contributed by atoms with Gasteiger partial charge >= 0.3 is 0 Å². The Balaban J connectivity index is 1.44. The normalized spacial score (nSPS) is 23.6. The number of carbonyl (C=O) groups is 2. The fraction of sp³-hybridized carbons (Fsp3) is 0.556. The van der Waals surface area contributed by atoms with Crippen LogP contribution in [0.4, 0.5) is 5.69 Å². The SMILES string of the molecule is O=C(NCCN1CCCC1)c1ccc(NC(=O)C2CC(O)CN2)cc1. The van der Waals surface area contributed by atoms with Gasteiger partial charge in [0.1, 0.15) is 0 Å². The highest BCUT2D eigenvalue weighted by atomic mass is 16.3. The van der Waals surface area contributed by atoms with Gasteiger partial charge in [0.2, 0.25) is 5.91 Å². The Hall–Kier alpha value is -1.96. The monoisotopic (exact) mass is 346 g/mol. The van der Waals surface area contributed by atoms with Gasteiger partial charge in [-0.1, -0.05) is 0 Å². The van der Waals surface area contributed by atoms with E-state index in [4.69, 9.17) is 0 Å². The van der Waals surface area contributed by atoms with E-state index in [1.54, 1.807) is 24.3 Å². The highest BCUT2D eigenvalue weighted by Crippen LogP contribution is 2.13. The van der Waals surface area contributed by atoms with Crippen molar-refractivity contribution in [1.82, 2.24) is 15.5 Å². The molecule has 25 heavy (non-hydrogen) atoms. The first-order valence-corrected chi connectivity index (χ1v) is 8.95. The van der Waals surface area contributed by atoms with Gasteiger partial charge in [0.05, 0.1) is 12.1 Å². The lowest BCUT2D eigenvalue weighted by molar-refractivity contribution is -0.117. The van der Waals surface area contributed by atoms with E-state index >= 15 is 0 Å². The number of nitrogens with zero attached hydrogens (tertiary/aromatic N) is 1. The van der Waals surface area contributed by atoms with E-state index < -0.39 is 6.10 Å². The van der Waals surface area contributed by atoms with Crippen LogP contribution in [-0.4, -0.2) is 66.7 Å². The van der Waals surface area contributed by atoms with E-state index in [0.29, 0.717) is 30.8 Å². The van der Waals surface area contributed by atoms with E-state index in [1.807, 2.05) is 0 Å². The van der Waals surface area contributed by atoms with E-state index in [-0.39, 0.29) is 17.9 Å². The third kappa shape index (κ3) is 5.01. The van der Waals surface area contributed by atoms with E-state index in [0.717, 1.165) is 19.6 Å². The lowest BCUT2D eigenvalue weighted by Gasteiger charge is -2.15. The minimum atomic E-state index is -0.470. The summed E-state index contributed by atoms with van der Waals surface area (Å²) in [6.45, 7) is 4.22. The Kier molecular flexibility index (Phi) is 6.01. The summed E-state index contributed by atoms with van der Waals surface area (Å²) < 4.78 is 0. The van der Waals surface area contributed by atoms with E-state index in [9.17, 15) is 14.7 Å². The minimum Gasteiger partial charge on any atom is -0.392 e. The first-order chi connectivity index (χ1) is 12.1. The van der Waals surface area contributed by atoms with Gasteiger partial charge in [-0.25, -0.2) is 0 Å². The molecule has 2 unspecified atom stereocenters. The number of β-amino-alcohol motifs (C(OH)–C–C–N with tert-alkyl or cyclic N) is 1. The number of aliphatic hydroxyl groups is 1. The molecule has 0 spiro atoms. The van der Waals surface area contributed by atoms with Crippen molar-refractivity contribution in [3.8, 4) is 0 Å². The average Bonchev–Trinajstić information content (AvgIpc) is 3.27. The number of amides is 2. The molecule has 136 valence electrons. The summed E-state index contributed by atoms with van der Waals surface area (Å²) in [4.78, 5) is 26.6. The number of aliphatic hydroxyl groups excluding tert-OH is 1. The van der Waals surface area contributed by atoms with Gasteiger partial charge in [-0.3, -0.25) is 9.59 Å². The molecule has 0 aromatic heterocycles. The number of anilines is 1. The fourth-order valence-corrected chi connectivity index (χ4v) is 3.29. The molecule has 1 aromatic carbocycles. The molecule has 0 saturated carbocycles. The molecule has 2 fully saturated rings. The Morgan fingerprint density at radius 1 is 1.20 bits per heavy atom. The van der Waals surface area contributed by atoms with Crippen molar-refractivity contribution >= 4 is 17.5 Å². The van der Waals surface area contributed by atoms with Crippen LogP contribution in [0.15, 0.2) is 24.3 Å². The molecule has 0 aliphatic carbocycles. The summed E-state index contributed by atoms with van der Waals surface area (Å²) in [5, 5.41) is 18.2. The van der Waals surface area contributed by atoms with Crippen molar-refractivity contribution in [1.29, 1.82) is 0 Å². The van der Waals surface area contributed by atoms with Crippen LogP contribution in [0.1, 0.15) is 29.6 Å². The number of carbonyl (C=O) groups excluding carboxylic acids is 2. The smallest absolute Gasteiger partial charge is 0.251 e. The third-order valence-corrected chi connectivity index (χ3v) is 4.75. The van der Waals surface area contributed by atoms with Crippen molar-refractivity contribution < 1.29 is 14.7 Å². The molecule has 3 rings (SSSR count). The van der Waals surface area contributed by atoms with Crippen LogP contribution in [0.25, 0.3) is 0 Å². The number of hydrogen-bond donors (Lipinski definition) is 4. The number of benzene rings is 1. The summed E-state index contributed by atoms with van der Waals surface area (Å²) in [7, 11) is 0. The van der Waals surface area contributed by atoms with Crippen molar-refractivity contribution in [3.63, 3.8) is 0 Å². The van der Waals surface area contributed by atoms with Gasteiger partial charge in [0.25, 0.3) is 5.91 Å². The van der Waals surface area contributed by atoms with Gasteiger partial charge in [-0.2, -0.15) is 0 Å². The predicted octanol–water partition coefficient (Wildman–Crippen LogP) is 0.174. The summed E-state index contributed by atoms with van der Waals surface area (Å²) in [5.41, 5.74) is 1.22. The maximum atomic E-state index is 12.1. The Labute approximate surface area is 147 Å². The van der Waals surface area contributed by atoms with Gasteiger partial charge < -0.3 is 26.0 Å². The molecule has 7 heteroatoms. The van der Waals surface area contributed by atoms with Gasteiger partial charge in [-0.15, -0.1) is 0 Å². The zero-order valence-electron chi connectivity index (χ0n) is 14.3. The van der Waals surface area contributed by atoms with E-state index in [2.05, 4.69) is 20.9 Å². The first kappa shape index (κ1) is 17.8. The highest BCUT2D eigenvalue weighted by Gasteiger charge is 2.27. The van der Waals surface area contributed by atoms with Crippen molar-refractivity contribution in [2.75, 3.05) is 38.0 Å². The van der Waals surface area contributed by atoms with Gasteiger partial charge in [0.15, 0.2) is 0 Å². The molecule has 4 N–H and O–H groups in total. The van der Waals surface area contributed by atoms with Crippen molar-refractivity contribution in [2.45, 2.75) is 31.4 Å². The largest absolute Gasteiger partial charge is 0.392 e. The average molecular weight is 346 g/mol. The maximum absolute atomic E-state index is 12.1.